The molecular weight excluding hydrogens is 174 g/mol. The van der Waals surface area contributed by atoms with Gasteiger partial charge in [-0.2, -0.15) is 5.10 Å². The van der Waals surface area contributed by atoms with Gasteiger partial charge in [-0.15, -0.1) is 0 Å². The molecule has 3 nitrogen and oxygen atoms in total. The molecule has 0 aromatic carbocycles. The Morgan fingerprint density at radius 1 is 1.43 bits per heavy atom. The highest BCUT2D eigenvalue weighted by Crippen LogP contribution is 2.05. The third kappa shape index (κ3) is 3.92. The molecular formula is C11H21N3. The maximum atomic E-state index is 5.70. The van der Waals surface area contributed by atoms with Crippen molar-refractivity contribution in [3.63, 3.8) is 0 Å². The monoisotopic (exact) mass is 195 g/mol. The molecule has 1 rings (SSSR count). The van der Waals surface area contributed by atoms with Crippen molar-refractivity contribution in [1.82, 2.24) is 9.78 Å². The fourth-order valence-electron chi connectivity index (χ4n) is 1.40. The molecule has 0 aliphatic heterocycles. The maximum absolute atomic E-state index is 5.70. The minimum atomic E-state index is 0.281. The molecule has 14 heavy (non-hydrogen) atoms. The molecule has 3 heteroatoms. The number of aryl methyl sites for hydroxylation is 1. The first kappa shape index (κ1) is 11.2. The van der Waals surface area contributed by atoms with E-state index >= 15 is 0 Å². The van der Waals surface area contributed by atoms with Crippen LogP contribution in [0.15, 0.2) is 12.4 Å². The average molecular weight is 195 g/mol. The van der Waals surface area contributed by atoms with Crippen LogP contribution in [0.3, 0.4) is 0 Å². The summed E-state index contributed by atoms with van der Waals surface area (Å²) in [6.45, 7) is 7.43. The first-order valence-electron chi connectivity index (χ1n) is 5.35. The standard InChI is InChI=1S/C11H21N3/c1-9(2)7-14-8-11(6-13-14)5-4-10(3)12/h6,8-10H,4-5,7,12H2,1-3H3/t10-/m1/s1. The van der Waals surface area contributed by atoms with Crippen LogP contribution in [0.2, 0.25) is 0 Å². The third-order valence-corrected chi connectivity index (χ3v) is 2.13. The second kappa shape index (κ2) is 5.15. The molecule has 0 aliphatic rings. The second-order valence-electron chi connectivity index (χ2n) is 4.48. The van der Waals surface area contributed by atoms with E-state index in [1.165, 1.54) is 5.56 Å². The molecule has 1 heterocycles. The number of aromatic nitrogens is 2. The molecule has 0 aliphatic carbocycles. The molecule has 0 amide bonds. The summed E-state index contributed by atoms with van der Waals surface area (Å²) >= 11 is 0. The van der Waals surface area contributed by atoms with E-state index in [1.807, 2.05) is 17.8 Å². The molecule has 0 radical (unpaired) electrons. The van der Waals surface area contributed by atoms with Crippen LogP contribution in [0.25, 0.3) is 0 Å². The summed E-state index contributed by atoms with van der Waals surface area (Å²) in [6.07, 6.45) is 6.15. The van der Waals surface area contributed by atoms with Crippen molar-refractivity contribution in [2.24, 2.45) is 11.7 Å². The molecule has 0 saturated heterocycles. The Kier molecular flexibility index (Phi) is 4.14. The summed E-state index contributed by atoms with van der Waals surface area (Å²) in [5.41, 5.74) is 6.99. The zero-order chi connectivity index (χ0) is 10.6. The van der Waals surface area contributed by atoms with E-state index < -0.39 is 0 Å². The minimum absolute atomic E-state index is 0.281. The van der Waals surface area contributed by atoms with E-state index in [2.05, 4.69) is 25.1 Å². The van der Waals surface area contributed by atoms with Crippen molar-refractivity contribution in [2.45, 2.75) is 46.2 Å². The highest BCUT2D eigenvalue weighted by atomic mass is 15.3. The van der Waals surface area contributed by atoms with Gasteiger partial charge in [0.05, 0.1) is 6.20 Å². The van der Waals surface area contributed by atoms with Crippen LogP contribution in [-0.4, -0.2) is 15.8 Å². The number of hydrogen-bond donors (Lipinski definition) is 1. The van der Waals surface area contributed by atoms with Crippen LogP contribution in [0, 0.1) is 5.92 Å². The molecule has 80 valence electrons. The predicted molar refractivity (Wildman–Crippen MR) is 59.0 cm³/mol. The van der Waals surface area contributed by atoms with Gasteiger partial charge in [-0.3, -0.25) is 4.68 Å². The van der Waals surface area contributed by atoms with Gasteiger partial charge in [-0.05, 0) is 31.2 Å². The SMILES string of the molecule is CC(C)Cn1cc(CC[C@@H](C)N)cn1. The van der Waals surface area contributed by atoms with E-state index in [-0.39, 0.29) is 6.04 Å². The van der Waals surface area contributed by atoms with Gasteiger partial charge in [0, 0.05) is 18.8 Å². The van der Waals surface area contributed by atoms with E-state index in [4.69, 9.17) is 5.73 Å². The predicted octanol–water partition coefficient (Wildman–Crippen LogP) is 1.82. The smallest absolute Gasteiger partial charge is 0.0521 e. The lowest BCUT2D eigenvalue weighted by Crippen LogP contribution is -2.15. The van der Waals surface area contributed by atoms with E-state index in [0.29, 0.717) is 5.92 Å². The Balaban J connectivity index is 2.42. The fourth-order valence-corrected chi connectivity index (χ4v) is 1.40. The van der Waals surface area contributed by atoms with Crippen molar-refractivity contribution in [2.75, 3.05) is 0 Å². The highest BCUT2D eigenvalue weighted by molar-refractivity contribution is 5.04. The molecule has 1 aromatic heterocycles. The molecule has 1 atom stereocenters. The van der Waals surface area contributed by atoms with Crippen LogP contribution < -0.4 is 5.73 Å². The number of nitrogens with zero attached hydrogens (tertiary/aromatic N) is 2. The summed E-state index contributed by atoms with van der Waals surface area (Å²) in [4.78, 5) is 0. The van der Waals surface area contributed by atoms with E-state index in [9.17, 15) is 0 Å². The highest BCUT2D eigenvalue weighted by Gasteiger charge is 2.02. The Labute approximate surface area is 86.3 Å². The minimum Gasteiger partial charge on any atom is -0.328 e. The van der Waals surface area contributed by atoms with Crippen molar-refractivity contribution in [3.8, 4) is 0 Å². The van der Waals surface area contributed by atoms with Gasteiger partial charge in [-0.1, -0.05) is 13.8 Å². The van der Waals surface area contributed by atoms with Gasteiger partial charge in [-0.25, -0.2) is 0 Å². The number of hydrogen-bond acceptors (Lipinski definition) is 2. The summed E-state index contributed by atoms with van der Waals surface area (Å²) in [5.74, 6) is 0.649. The van der Waals surface area contributed by atoms with Crippen LogP contribution in [0.5, 0.6) is 0 Å². The lowest BCUT2D eigenvalue weighted by atomic mass is 10.1. The Morgan fingerprint density at radius 3 is 2.71 bits per heavy atom. The average Bonchev–Trinajstić information content (AvgIpc) is 2.47. The summed E-state index contributed by atoms with van der Waals surface area (Å²) < 4.78 is 2.02. The van der Waals surface area contributed by atoms with Crippen molar-refractivity contribution < 1.29 is 0 Å². The summed E-state index contributed by atoms with van der Waals surface area (Å²) in [5, 5.41) is 4.31. The number of rotatable bonds is 5. The maximum Gasteiger partial charge on any atom is 0.0521 e. The van der Waals surface area contributed by atoms with E-state index in [1.54, 1.807) is 0 Å². The lowest BCUT2D eigenvalue weighted by molar-refractivity contribution is 0.483. The molecule has 1 aromatic rings. The van der Waals surface area contributed by atoms with Gasteiger partial charge in [0.2, 0.25) is 0 Å². The summed E-state index contributed by atoms with van der Waals surface area (Å²) in [7, 11) is 0. The van der Waals surface area contributed by atoms with Gasteiger partial charge < -0.3 is 5.73 Å². The zero-order valence-corrected chi connectivity index (χ0v) is 9.40. The first-order valence-corrected chi connectivity index (χ1v) is 5.35. The lowest BCUT2D eigenvalue weighted by Gasteiger charge is -2.04. The molecule has 0 fully saturated rings. The van der Waals surface area contributed by atoms with Gasteiger partial charge in [0.15, 0.2) is 0 Å². The van der Waals surface area contributed by atoms with Crippen molar-refractivity contribution in [3.05, 3.63) is 18.0 Å². The third-order valence-electron chi connectivity index (χ3n) is 2.13. The second-order valence-corrected chi connectivity index (χ2v) is 4.48. The quantitative estimate of drug-likeness (QED) is 0.779. The molecule has 0 spiro atoms. The van der Waals surface area contributed by atoms with E-state index in [0.717, 1.165) is 19.4 Å². The first-order chi connectivity index (χ1) is 6.58. The molecule has 0 bridgehead atoms. The van der Waals surface area contributed by atoms with Crippen LogP contribution in [-0.2, 0) is 13.0 Å². The topological polar surface area (TPSA) is 43.8 Å². The van der Waals surface area contributed by atoms with Crippen molar-refractivity contribution in [1.29, 1.82) is 0 Å². The van der Waals surface area contributed by atoms with Crippen molar-refractivity contribution >= 4 is 0 Å². The Hall–Kier alpha value is -0.830. The van der Waals surface area contributed by atoms with Gasteiger partial charge >= 0.3 is 0 Å². The van der Waals surface area contributed by atoms with Crippen LogP contribution >= 0.6 is 0 Å². The fraction of sp³-hybridized carbons (Fsp3) is 0.727. The largest absolute Gasteiger partial charge is 0.328 e. The molecule has 0 unspecified atom stereocenters. The van der Waals surface area contributed by atoms with Crippen LogP contribution in [0.1, 0.15) is 32.8 Å². The molecule has 0 saturated carbocycles. The zero-order valence-electron chi connectivity index (χ0n) is 9.40. The Morgan fingerprint density at radius 2 is 2.14 bits per heavy atom. The summed E-state index contributed by atoms with van der Waals surface area (Å²) in [6, 6.07) is 0.281. The molecule has 2 N–H and O–H groups in total. The van der Waals surface area contributed by atoms with Gasteiger partial charge in [0.1, 0.15) is 0 Å². The van der Waals surface area contributed by atoms with Crippen LogP contribution in [0.4, 0.5) is 0 Å². The normalized spacial score (nSPS) is 13.5. The Bertz CT molecular complexity index is 263. The van der Waals surface area contributed by atoms with Gasteiger partial charge in [0.25, 0.3) is 0 Å². The number of nitrogens with two attached hydrogens (primary N) is 1.